The van der Waals surface area contributed by atoms with Gasteiger partial charge >= 0.3 is 5.84 Å². The van der Waals surface area contributed by atoms with Crippen molar-refractivity contribution in [1.29, 1.82) is 0 Å². The number of aliphatic hydroxyl groups excluding tert-OH is 1. The topological polar surface area (TPSA) is 134 Å². The van der Waals surface area contributed by atoms with Crippen LogP contribution in [0.25, 0.3) is 22.8 Å². The highest BCUT2D eigenvalue weighted by molar-refractivity contribution is 7.93. The van der Waals surface area contributed by atoms with Gasteiger partial charge in [-0.2, -0.15) is 4.98 Å². The molecule has 194 valence electrons. The van der Waals surface area contributed by atoms with E-state index in [1.807, 2.05) is 0 Å². The van der Waals surface area contributed by atoms with Gasteiger partial charge in [-0.3, -0.25) is 4.40 Å². The van der Waals surface area contributed by atoms with Crippen LogP contribution in [0.3, 0.4) is 0 Å². The van der Waals surface area contributed by atoms with Gasteiger partial charge in [-0.25, -0.2) is 27.5 Å². The lowest BCUT2D eigenvalue weighted by Crippen LogP contribution is -2.35. The Labute approximate surface area is 213 Å². The lowest BCUT2D eigenvalue weighted by atomic mass is 10.0. The summed E-state index contributed by atoms with van der Waals surface area (Å²) in [5.41, 5.74) is 2.32. The Bertz CT molecular complexity index is 1530. The third-order valence-corrected chi connectivity index (χ3v) is 7.47. The van der Waals surface area contributed by atoms with E-state index >= 15 is 0 Å². The van der Waals surface area contributed by atoms with Crippen LogP contribution in [0.2, 0.25) is 0 Å². The van der Waals surface area contributed by atoms with Crippen LogP contribution in [0.1, 0.15) is 26.0 Å². The number of nitrogens with zero attached hydrogens (tertiary/aromatic N) is 4. The number of nitrogens with one attached hydrogen (secondary N) is 2. The Morgan fingerprint density at radius 2 is 2.08 bits per heavy atom. The number of aromatic nitrogens is 2. The van der Waals surface area contributed by atoms with Crippen molar-refractivity contribution in [3.63, 3.8) is 0 Å². The van der Waals surface area contributed by atoms with Crippen LogP contribution in [0.15, 0.2) is 80.0 Å². The molecule has 37 heavy (non-hydrogen) atoms. The normalized spacial score (nSPS) is 17.0. The number of imidazole rings is 1. The second-order valence-corrected chi connectivity index (χ2v) is 10.1. The monoisotopic (exact) mass is 526 g/mol. The molecule has 0 bridgehead atoms. The molecule has 0 amide bonds. The summed E-state index contributed by atoms with van der Waals surface area (Å²) in [6.07, 6.45) is 8.03. The molecule has 12 heteroatoms. The molecule has 1 aromatic carbocycles. The van der Waals surface area contributed by atoms with Gasteiger partial charge in [-0.15, -0.1) is 0 Å². The van der Waals surface area contributed by atoms with Crippen molar-refractivity contribution in [2.75, 3.05) is 13.1 Å². The minimum Gasteiger partial charge on any atom is -0.512 e. The van der Waals surface area contributed by atoms with E-state index in [4.69, 9.17) is 4.42 Å². The van der Waals surface area contributed by atoms with Gasteiger partial charge in [0.1, 0.15) is 23.5 Å². The first kappa shape index (κ1) is 26.0. The first-order valence-electron chi connectivity index (χ1n) is 11.5. The van der Waals surface area contributed by atoms with Gasteiger partial charge in [-0.1, -0.05) is 13.0 Å². The third kappa shape index (κ3) is 5.70. The molecule has 10 nitrogen and oxygen atoms in total. The number of rotatable bonds is 8. The lowest BCUT2D eigenvalue weighted by molar-refractivity contribution is 0.367. The zero-order chi connectivity index (χ0) is 26.6. The SMILES string of the molecule is C=N/C(=N\C(=C/C)c1c(-c2ccc(F)cc2)nc2occn12)NCCNS(=O)(=O)C1=CC=C(O)CC1C. The average Bonchev–Trinajstić information content (AvgIpc) is 3.46. The Morgan fingerprint density at radius 3 is 2.76 bits per heavy atom. The molecule has 2 heterocycles. The molecule has 3 N–H and O–H groups in total. The van der Waals surface area contributed by atoms with Crippen LogP contribution in [0.4, 0.5) is 4.39 Å². The largest absolute Gasteiger partial charge is 0.512 e. The predicted molar refractivity (Wildman–Crippen MR) is 141 cm³/mol. The van der Waals surface area contributed by atoms with E-state index in [2.05, 4.69) is 31.7 Å². The highest BCUT2D eigenvalue weighted by Crippen LogP contribution is 2.31. The molecular weight excluding hydrogens is 499 g/mol. The van der Waals surface area contributed by atoms with Crippen LogP contribution in [-0.4, -0.2) is 48.7 Å². The number of sulfonamides is 1. The van der Waals surface area contributed by atoms with Crippen LogP contribution in [0, 0.1) is 11.7 Å². The average molecular weight is 527 g/mol. The Morgan fingerprint density at radius 1 is 1.32 bits per heavy atom. The third-order valence-electron chi connectivity index (χ3n) is 5.72. The molecule has 4 rings (SSSR count). The van der Waals surface area contributed by atoms with E-state index < -0.39 is 10.0 Å². The maximum absolute atomic E-state index is 13.5. The molecule has 2 aromatic heterocycles. The van der Waals surface area contributed by atoms with Gasteiger partial charge in [0, 0.05) is 37.2 Å². The quantitative estimate of drug-likeness (QED) is 0.231. The molecule has 1 unspecified atom stereocenters. The van der Waals surface area contributed by atoms with E-state index in [9.17, 15) is 17.9 Å². The number of benzene rings is 1. The van der Waals surface area contributed by atoms with Crippen LogP contribution in [-0.2, 0) is 10.0 Å². The van der Waals surface area contributed by atoms with Gasteiger partial charge in [0.15, 0.2) is 0 Å². The maximum atomic E-state index is 13.5. The van der Waals surface area contributed by atoms with E-state index in [0.29, 0.717) is 28.5 Å². The second-order valence-electron chi connectivity index (χ2n) is 8.30. The number of fused-ring (bicyclic) bond motifs is 1. The molecule has 0 saturated heterocycles. The Balaban J connectivity index is 1.51. The summed E-state index contributed by atoms with van der Waals surface area (Å²) in [6, 6.07) is 5.94. The van der Waals surface area contributed by atoms with Crippen LogP contribution >= 0.6 is 0 Å². The van der Waals surface area contributed by atoms with Crippen molar-refractivity contribution in [3.8, 4) is 11.3 Å². The van der Waals surface area contributed by atoms with Crippen molar-refractivity contribution in [2.24, 2.45) is 15.9 Å². The van der Waals surface area contributed by atoms with Crippen LogP contribution < -0.4 is 10.0 Å². The molecular formula is C25H27FN6O4S. The lowest BCUT2D eigenvalue weighted by Gasteiger charge is -2.19. The van der Waals surface area contributed by atoms with E-state index in [1.54, 1.807) is 42.7 Å². The summed E-state index contributed by atoms with van der Waals surface area (Å²) >= 11 is 0. The van der Waals surface area contributed by atoms with Gasteiger partial charge in [-0.05, 0) is 50.1 Å². The molecule has 1 aliphatic carbocycles. The second kappa shape index (κ2) is 10.9. The van der Waals surface area contributed by atoms with Crippen molar-refractivity contribution < 1.29 is 22.3 Å². The Hall–Kier alpha value is -4.03. The van der Waals surface area contributed by atoms with Gasteiger partial charge in [0.2, 0.25) is 16.0 Å². The summed E-state index contributed by atoms with van der Waals surface area (Å²) in [5, 5.41) is 12.6. The van der Waals surface area contributed by atoms with Gasteiger partial charge < -0.3 is 14.8 Å². The molecule has 0 fully saturated rings. The Kier molecular flexibility index (Phi) is 7.69. The number of halogens is 1. The first-order chi connectivity index (χ1) is 17.7. The zero-order valence-electron chi connectivity index (χ0n) is 20.3. The first-order valence-corrected chi connectivity index (χ1v) is 13.0. The van der Waals surface area contributed by atoms with E-state index in [1.165, 1.54) is 30.5 Å². The maximum Gasteiger partial charge on any atom is 0.306 e. The van der Waals surface area contributed by atoms with Gasteiger partial charge in [0.05, 0.1) is 16.4 Å². The van der Waals surface area contributed by atoms with Crippen LogP contribution in [0.5, 0.6) is 0 Å². The standard InChI is InChI=1S/C25H27FN6O4S/c1-4-20(23-22(17-5-7-18(26)8-6-17)31-25-32(23)13-14-36-25)30-24(27-3)28-11-12-29-37(34,35)21-10-9-19(33)15-16(21)2/h4-10,13-14,16,29,33H,3,11-12,15H2,1-2H3,(H,28,30)/b20-4-. The fourth-order valence-electron chi connectivity index (χ4n) is 3.96. The molecule has 0 saturated carbocycles. The summed E-state index contributed by atoms with van der Waals surface area (Å²) in [4.78, 5) is 13.2. The molecule has 3 aromatic rings. The summed E-state index contributed by atoms with van der Waals surface area (Å²) in [7, 11) is -3.71. The summed E-state index contributed by atoms with van der Waals surface area (Å²) in [5.74, 6) is -0.0216. The van der Waals surface area contributed by atoms with Crippen molar-refractivity contribution >= 4 is 34.2 Å². The number of aliphatic imine (C=N–C) groups is 2. The van der Waals surface area contributed by atoms with Crippen molar-refractivity contribution in [3.05, 3.63) is 77.1 Å². The number of oxazole rings is 1. The smallest absolute Gasteiger partial charge is 0.306 e. The minimum atomic E-state index is -3.71. The van der Waals surface area contributed by atoms with Crippen molar-refractivity contribution in [2.45, 2.75) is 20.3 Å². The molecule has 1 aliphatic rings. The van der Waals surface area contributed by atoms with E-state index in [-0.39, 0.29) is 47.9 Å². The molecule has 0 spiro atoms. The molecule has 0 aliphatic heterocycles. The highest BCUT2D eigenvalue weighted by atomic mass is 32.2. The van der Waals surface area contributed by atoms with E-state index in [0.717, 1.165) is 0 Å². The zero-order valence-corrected chi connectivity index (χ0v) is 21.2. The van der Waals surface area contributed by atoms with Crippen molar-refractivity contribution in [1.82, 2.24) is 19.4 Å². The predicted octanol–water partition coefficient (Wildman–Crippen LogP) is 4.03. The number of hydrogen-bond acceptors (Lipinski definition) is 6. The van der Waals surface area contributed by atoms with Gasteiger partial charge in [0.25, 0.3) is 0 Å². The molecule has 0 radical (unpaired) electrons. The number of hydrogen-bond donors (Lipinski definition) is 3. The number of aliphatic hydroxyl groups is 1. The molecule has 1 atom stereocenters. The summed E-state index contributed by atoms with van der Waals surface area (Å²) in [6.45, 7) is 7.36. The fraction of sp³-hybridized carbons (Fsp3) is 0.240. The minimum absolute atomic E-state index is 0.0707. The highest BCUT2D eigenvalue weighted by Gasteiger charge is 2.26. The number of guanidine groups is 1. The number of allylic oxidation sites excluding steroid dienone is 5. The summed E-state index contributed by atoms with van der Waals surface area (Å²) < 4.78 is 48.5. The fourth-order valence-corrected chi connectivity index (χ4v) is 5.36.